The Kier molecular flexibility index (Phi) is 10.4. The van der Waals surface area contributed by atoms with Crippen molar-refractivity contribution in [3.63, 3.8) is 0 Å². The average Bonchev–Trinajstić information content (AvgIpc) is 2.86. The lowest BCUT2D eigenvalue weighted by molar-refractivity contribution is -0.283. The summed E-state index contributed by atoms with van der Waals surface area (Å²) < 4.78 is 17.7. The molecule has 0 saturated carbocycles. The lowest BCUT2D eigenvalue weighted by Crippen LogP contribution is -2.66. The normalized spacial score (nSPS) is 25.5. The number of benzene rings is 2. The van der Waals surface area contributed by atoms with E-state index in [-0.39, 0.29) is 24.5 Å². The Labute approximate surface area is 211 Å². The zero-order chi connectivity index (χ0) is 26.1. The quantitative estimate of drug-likeness (QED) is 0.366. The van der Waals surface area contributed by atoms with Crippen molar-refractivity contribution in [2.75, 3.05) is 6.61 Å². The van der Waals surface area contributed by atoms with Crippen LogP contribution in [0.3, 0.4) is 0 Å². The van der Waals surface area contributed by atoms with Gasteiger partial charge in [0, 0.05) is 13.0 Å². The van der Waals surface area contributed by atoms with Crippen LogP contribution < -0.4 is 10.6 Å². The van der Waals surface area contributed by atoms with Crippen LogP contribution in [0.5, 0.6) is 0 Å². The Hall–Kier alpha value is -2.82. The number of amides is 2. The van der Waals surface area contributed by atoms with Crippen molar-refractivity contribution in [2.45, 2.75) is 76.6 Å². The second-order valence-electron chi connectivity index (χ2n) is 9.08. The van der Waals surface area contributed by atoms with Crippen LogP contribution in [-0.2, 0) is 36.8 Å². The van der Waals surface area contributed by atoms with E-state index in [0.29, 0.717) is 6.42 Å². The summed E-state index contributed by atoms with van der Waals surface area (Å²) in [7, 11) is 0. The van der Waals surface area contributed by atoms with E-state index in [0.717, 1.165) is 11.1 Å². The minimum absolute atomic E-state index is 0.149. The highest BCUT2D eigenvalue weighted by Crippen LogP contribution is 2.26. The Bertz CT molecular complexity index is 959. The smallest absolute Gasteiger partial charge is 0.249 e. The fourth-order valence-corrected chi connectivity index (χ4v) is 4.19. The number of carbonyl (C=O) groups is 2. The molecule has 3 rings (SSSR count). The van der Waals surface area contributed by atoms with Crippen molar-refractivity contribution in [3.8, 4) is 0 Å². The maximum Gasteiger partial charge on any atom is 0.249 e. The van der Waals surface area contributed by atoms with E-state index in [9.17, 15) is 19.8 Å². The molecule has 0 radical (unpaired) electrons. The molecular weight excluding hydrogens is 464 g/mol. The summed E-state index contributed by atoms with van der Waals surface area (Å²) in [4.78, 5) is 24.9. The molecule has 1 aliphatic heterocycles. The van der Waals surface area contributed by atoms with E-state index in [1.807, 2.05) is 67.6 Å². The van der Waals surface area contributed by atoms with Gasteiger partial charge in [-0.25, -0.2) is 0 Å². The summed E-state index contributed by atoms with van der Waals surface area (Å²) in [6.07, 6.45) is -4.71. The molecule has 2 aromatic carbocycles. The van der Waals surface area contributed by atoms with E-state index in [1.165, 1.54) is 6.92 Å². The first-order chi connectivity index (χ1) is 17.3. The lowest BCUT2D eigenvalue weighted by atomic mass is 9.96. The van der Waals surface area contributed by atoms with Crippen LogP contribution in [0, 0.1) is 0 Å². The number of rotatable bonds is 11. The van der Waals surface area contributed by atoms with Crippen molar-refractivity contribution >= 4 is 11.8 Å². The van der Waals surface area contributed by atoms with Crippen LogP contribution in [-0.4, -0.2) is 71.4 Å². The number of nitrogens with one attached hydrogen (secondary N) is 2. The molecule has 2 unspecified atom stereocenters. The van der Waals surface area contributed by atoms with Crippen LogP contribution in [0.15, 0.2) is 60.7 Å². The first kappa shape index (κ1) is 27.8. The van der Waals surface area contributed by atoms with Gasteiger partial charge in [-0.2, -0.15) is 0 Å². The van der Waals surface area contributed by atoms with Gasteiger partial charge in [0.25, 0.3) is 0 Å². The third-order valence-electron chi connectivity index (χ3n) is 5.98. The minimum Gasteiger partial charge on any atom is -0.394 e. The monoisotopic (exact) mass is 500 g/mol. The molecule has 2 amide bonds. The van der Waals surface area contributed by atoms with Gasteiger partial charge in [-0.1, -0.05) is 60.7 Å². The molecule has 1 aliphatic rings. The highest BCUT2D eigenvalue weighted by atomic mass is 16.7. The van der Waals surface area contributed by atoms with E-state index in [1.54, 1.807) is 6.92 Å². The highest BCUT2D eigenvalue weighted by molar-refractivity contribution is 5.80. The Balaban J connectivity index is 1.69. The summed E-state index contributed by atoms with van der Waals surface area (Å²) >= 11 is 0. The second-order valence-corrected chi connectivity index (χ2v) is 9.08. The maximum atomic E-state index is 12.9. The number of aliphatic hydroxyl groups excluding tert-OH is 2. The fourth-order valence-electron chi connectivity index (χ4n) is 4.19. The summed E-state index contributed by atoms with van der Waals surface area (Å²) in [6, 6.07) is 18.1. The third kappa shape index (κ3) is 7.84. The van der Waals surface area contributed by atoms with Crippen LogP contribution in [0.1, 0.15) is 31.9 Å². The number of ether oxygens (including phenoxy) is 3. The molecule has 0 aliphatic carbocycles. The molecule has 4 N–H and O–H groups in total. The Morgan fingerprint density at radius 2 is 1.64 bits per heavy atom. The van der Waals surface area contributed by atoms with Crippen molar-refractivity contribution in [3.05, 3.63) is 71.8 Å². The summed E-state index contributed by atoms with van der Waals surface area (Å²) in [5, 5.41) is 26.3. The first-order valence-corrected chi connectivity index (χ1v) is 12.1. The SMILES string of the molecule is CC(=O)N[C@H]1[C@@H](OCc2ccccc2)O[C@H](CO)[C@@H](O)[C@@H]1OC(C)C(=O)NC(C)Cc1ccccc1. The number of hydrogen-bond donors (Lipinski definition) is 4. The largest absolute Gasteiger partial charge is 0.394 e. The summed E-state index contributed by atoms with van der Waals surface area (Å²) in [6.45, 7) is 4.49. The average molecular weight is 501 g/mol. The Morgan fingerprint density at radius 3 is 2.22 bits per heavy atom. The molecule has 36 heavy (non-hydrogen) atoms. The zero-order valence-electron chi connectivity index (χ0n) is 20.9. The van der Waals surface area contributed by atoms with Crippen molar-refractivity contribution in [1.82, 2.24) is 10.6 Å². The predicted molar refractivity (Wildman–Crippen MR) is 133 cm³/mol. The molecule has 1 fully saturated rings. The van der Waals surface area contributed by atoms with Gasteiger partial charge < -0.3 is 35.1 Å². The van der Waals surface area contributed by atoms with Crippen molar-refractivity contribution in [2.24, 2.45) is 0 Å². The van der Waals surface area contributed by atoms with Gasteiger partial charge in [0.05, 0.1) is 13.2 Å². The molecule has 9 nitrogen and oxygen atoms in total. The van der Waals surface area contributed by atoms with Gasteiger partial charge in [0.1, 0.15) is 30.5 Å². The molecule has 0 bridgehead atoms. The van der Waals surface area contributed by atoms with E-state index < -0.39 is 43.4 Å². The van der Waals surface area contributed by atoms with Crippen LogP contribution in [0.2, 0.25) is 0 Å². The molecule has 2 aromatic rings. The van der Waals surface area contributed by atoms with Gasteiger partial charge in [-0.15, -0.1) is 0 Å². The van der Waals surface area contributed by atoms with Gasteiger partial charge >= 0.3 is 0 Å². The molecule has 7 atom stereocenters. The lowest BCUT2D eigenvalue weighted by Gasteiger charge is -2.44. The Morgan fingerprint density at radius 1 is 1.03 bits per heavy atom. The minimum atomic E-state index is -1.31. The third-order valence-corrected chi connectivity index (χ3v) is 5.98. The van der Waals surface area contributed by atoms with E-state index in [4.69, 9.17) is 14.2 Å². The number of hydrogen-bond acceptors (Lipinski definition) is 7. The van der Waals surface area contributed by atoms with Gasteiger partial charge in [0.15, 0.2) is 6.29 Å². The van der Waals surface area contributed by atoms with Crippen LogP contribution in [0.25, 0.3) is 0 Å². The molecule has 9 heteroatoms. The first-order valence-electron chi connectivity index (χ1n) is 12.1. The predicted octanol–water partition coefficient (Wildman–Crippen LogP) is 1.31. The molecule has 0 spiro atoms. The molecular formula is C27H36N2O7. The summed E-state index contributed by atoms with van der Waals surface area (Å²) in [5.41, 5.74) is 1.97. The standard InChI is InChI=1S/C27H36N2O7/c1-17(14-20-10-6-4-7-11-20)28-26(33)18(2)35-25-23(29-19(3)31)27(36-22(15-30)24(25)32)34-16-21-12-8-5-9-13-21/h4-13,17-18,22-25,27,30,32H,14-16H2,1-3H3,(H,28,33)(H,29,31)/t17?,18?,22-,23-,24-,25-,27+/m1/s1. The molecule has 1 saturated heterocycles. The molecule has 1 heterocycles. The topological polar surface area (TPSA) is 126 Å². The highest BCUT2D eigenvalue weighted by Gasteiger charge is 2.48. The van der Waals surface area contributed by atoms with Crippen LogP contribution >= 0.6 is 0 Å². The van der Waals surface area contributed by atoms with Gasteiger partial charge in [0.2, 0.25) is 11.8 Å². The number of carbonyl (C=O) groups excluding carboxylic acids is 2. The molecule has 0 aromatic heterocycles. The van der Waals surface area contributed by atoms with Gasteiger partial charge in [-0.3, -0.25) is 9.59 Å². The second kappa shape index (κ2) is 13.5. The fraction of sp³-hybridized carbons (Fsp3) is 0.481. The van der Waals surface area contributed by atoms with E-state index >= 15 is 0 Å². The summed E-state index contributed by atoms with van der Waals surface area (Å²) in [5.74, 6) is -0.741. The van der Waals surface area contributed by atoms with Crippen molar-refractivity contribution < 1.29 is 34.0 Å². The number of aliphatic hydroxyl groups is 2. The molecule has 196 valence electrons. The van der Waals surface area contributed by atoms with Crippen molar-refractivity contribution in [1.29, 1.82) is 0 Å². The van der Waals surface area contributed by atoms with Crippen LogP contribution in [0.4, 0.5) is 0 Å². The van der Waals surface area contributed by atoms with E-state index in [2.05, 4.69) is 10.6 Å². The zero-order valence-corrected chi connectivity index (χ0v) is 20.9. The maximum absolute atomic E-state index is 12.9. The van der Waals surface area contributed by atoms with Gasteiger partial charge in [-0.05, 0) is 31.4 Å².